The van der Waals surface area contributed by atoms with Crippen LogP contribution < -0.4 is 0 Å². The van der Waals surface area contributed by atoms with Gasteiger partial charge in [0.1, 0.15) is 4.75 Å². The minimum Gasteiger partial charge on any atom is -0.338 e. The van der Waals surface area contributed by atoms with Crippen molar-refractivity contribution >= 4 is 60.9 Å². The lowest BCUT2D eigenvalue weighted by Gasteiger charge is -2.35. The summed E-state index contributed by atoms with van der Waals surface area (Å²) >= 11 is 9.83. The summed E-state index contributed by atoms with van der Waals surface area (Å²) in [4.78, 5) is 14.9. The Bertz CT molecular complexity index is 511. The fourth-order valence-electron chi connectivity index (χ4n) is 2.04. The molecule has 19 heavy (non-hydrogen) atoms. The third kappa shape index (κ3) is 3.18. The standard InChI is InChI=1S/C12H12Br2N2OS2/c1-18-12(7-15)2-4-16(5-3-12)11(17)9-6-8(13)10(14)19-9/h6H,2-5H2,1H3. The molecule has 0 radical (unpaired) electrons. The Hall–Kier alpha value is -0.0300. The van der Waals surface area contributed by atoms with E-state index in [0.717, 1.165) is 26.0 Å². The zero-order chi connectivity index (χ0) is 14.0. The number of halogens is 2. The molecule has 0 saturated carbocycles. The van der Waals surface area contributed by atoms with Gasteiger partial charge in [0.05, 0.1) is 14.7 Å². The number of piperidine rings is 1. The van der Waals surface area contributed by atoms with E-state index in [0.29, 0.717) is 13.1 Å². The van der Waals surface area contributed by atoms with Crippen LogP contribution in [0.5, 0.6) is 0 Å². The number of nitriles is 1. The molecule has 1 aliphatic rings. The van der Waals surface area contributed by atoms with Crippen LogP contribution in [-0.4, -0.2) is 34.9 Å². The second-order valence-corrected chi connectivity index (χ2v) is 8.75. The maximum absolute atomic E-state index is 12.4. The molecule has 2 rings (SSSR count). The van der Waals surface area contributed by atoms with Gasteiger partial charge in [-0.25, -0.2) is 0 Å². The average molecular weight is 424 g/mol. The van der Waals surface area contributed by atoms with Gasteiger partial charge in [-0.1, -0.05) is 0 Å². The van der Waals surface area contributed by atoms with E-state index in [-0.39, 0.29) is 10.7 Å². The second kappa shape index (κ2) is 6.17. The van der Waals surface area contributed by atoms with Crippen molar-refractivity contribution in [3.63, 3.8) is 0 Å². The summed E-state index contributed by atoms with van der Waals surface area (Å²) < 4.78 is 1.53. The van der Waals surface area contributed by atoms with Crippen molar-refractivity contribution in [1.82, 2.24) is 4.90 Å². The van der Waals surface area contributed by atoms with Crippen molar-refractivity contribution in [1.29, 1.82) is 5.26 Å². The van der Waals surface area contributed by atoms with Gasteiger partial charge in [0, 0.05) is 17.6 Å². The molecule has 0 unspecified atom stereocenters. The van der Waals surface area contributed by atoms with Gasteiger partial charge in [-0.15, -0.1) is 23.1 Å². The highest BCUT2D eigenvalue weighted by atomic mass is 79.9. The van der Waals surface area contributed by atoms with E-state index in [1.165, 1.54) is 11.3 Å². The minimum atomic E-state index is -0.312. The summed E-state index contributed by atoms with van der Waals surface area (Å²) in [7, 11) is 0. The van der Waals surface area contributed by atoms with Crippen LogP contribution in [-0.2, 0) is 0 Å². The predicted molar refractivity (Wildman–Crippen MR) is 86.7 cm³/mol. The van der Waals surface area contributed by atoms with Gasteiger partial charge in [0.25, 0.3) is 5.91 Å². The first-order valence-electron chi connectivity index (χ1n) is 5.72. The number of rotatable bonds is 2. The van der Waals surface area contributed by atoms with Gasteiger partial charge in [0.15, 0.2) is 0 Å². The molecule has 1 saturated heterocycles. The summed E-state index contributed by atoms with van der Waals surface area (Å²) in [5, 5.41) is 9.24. The molecule has 1 amide bonds. The zero-order valence-electron chi connectivity index (χ0n) is 10.3. The molecular weight excluding hydrogens is 412 g/mol. The van der Waals surface area contributed by atoms with Crippen LogP contribution in [0.15, 0.2) is 14.3 Å². The summed E-state index contributed by atoms with van der Waals surface area (Å²) in [5.74, 6) is 0.0593. The van der Waals surface area contributed by atoms with E-state index in [1.54, 1.807) is 11.8 Å². The van der Waals surface area contributed by atoms with Crippen molar-refractivity contribution in [2.45, 2.75) is 17.6 Å². The first-order chi connectivity index (χ1) is 9.01. The van der Waals surface area contributed by atoms with E-state index >= 15 is 0 Å². The zero-order valence-corrected chi connectivity index (χ0v) is 15.1. The molecule has 1 aromatic heterocycles. The molecular formula is C12H12Br2N2OS2. The Balaban J connectivity index is 2.06. The van der Waals surface area contributed by atoms with Crippen molar-refractivity contribution in [2.75, 3.05) is 19.3 Å². The molecule has 2 heterocycles. The molecule has 0 spiro atoms. The largest absolute Gasteiger partial charge is 0.338 e. The van der Waals surface area contributed by atoms with Crippen LogP contribution in [0.1, 0.15) is 22.5 Å². The summed E-state index contributed by atoms with van der Waals surface area (Å²) in [6, 6.07) is 4.24. The quantitative estimate of drug-likeness (QED) is 0.717. The minimum absolute atomic E-state index is 0.0593. The highest BCUT2D eigenvalue weighted by Crippen LogP contribution is 2.36. The SMILES string of the molecule is CSC1(C#N)CCN(C(=O)c2cc(Br)c(Br)s2)CC1. The maximum atomic E-state index is 12.4. The Morgan fingerprint density at radius 2 is 2.16 bits per heavy atom. The number of hydrogen-bond acceptors (Lipinski definition) is 4. The van der Waals surface area contributed by atoms with Gasteiger partial charge >= 0.3 is 0 Å². The number of thioether (sulfide) groups is 1. The van der Waals surface area contributed by atoms with E-state index in [9.17, 15) is 10.1 Å². The van der Waals surface area contributed by atoms with Crippen LogP contribution in [0.25, 0.3) is 0 Å². The predicted octanol–water partition coefficient (Wildman–Crippen LogP) is 4.13. The third-order valence-electron chi connectivity index (χ3n) is 3.31. The smallest absolute Gasteiger partial charge is 0.264 e. The number of amides is 1. The number of carbonyl (C=O) groups excluding carboxylic acids is 1. The summed E-state index contributed by atoms with van der Waals surface area (Å²) in [5.41, 5.74) is 0. The van der Waals surface area contributed by atoms with Crippen LogP contribution in [0.4, 0.5) is 0 Å². The van der Waals surface area contributed by atoms with Gasteiger partial charge in [0.2, 0.25) is 0 Å². The number of thiophene rings is 1. The first kappa shape index (κ1) is 15.4. The number of hydrogen-bond donors (Lipinski definition) is 0. The first-order valence-corrected chi connectivity index (χ1v) is 9.34. The van der Waals surface area contributed by atoms with Gasteiger partial charge in [-0.3, -0.25) is 4.79 Å². The molecule has 1 fully saturated rings. The molecule has 0 bridgehead atoms. The molecule has 0 N–H and O–H groups in total. The highest BCUT2D eigenvalue weighted by molar-refractivity contribution is 9.13. The average Bonchev–Trinajstić information content (AvgIpc) is 2.78. The Kier molecular flexibility index (Phi) is 4.99. The van der Waals surface area contributed by atoms with Gasteiger partial charge in [-0.2, -0.15) is 5.26 Å². The summed E-state index contributed by atoms with van der Waals surface area (Å²) in [6.07, 6.45) is 3.45. The summed E-state index contributed by atoms with van der Waals surface area (Å²) in [6.45, 7) is 1.31. The van der Waals surface area contributed by atoms with Crippen molar-refractivity contribution in [2.24, 2.45) is 0 Å². The van der Waals surface area contributed by atoms with Crippen LogP contribution in [0.3, 0.4) is 0 Å². The normalized spacial score (nSPS) is 18.1. The lowest BCUT2D eigenvalue weighted by molar-refractivity contribution is 0.0721. The Labute approximate surface area is 137 Å². The van der Waals surface area contributed by atoms with E-state index in [4.69, 9.17) is 0 Å². The molecule has 0 atom stereocenters. The Morgan fingerprint density at radius 1 is 1.53 bits per heavy atom. The molecule has 102 valence electrons. The van der Waals surface area contributed by atoms with Crippen LogP contribution in [0, 0.1) is 11.3 Å². The molecule has 7 heteroatoms. The van der Waals surface area contributed by atoms with E-state index in [1.807, 2.05) is 17.2 Å². The number of nitrogens with zero attached hydrogens (tertiary/aromatic N) is 2. The third-order valence-corrected chi connectivity index (χ3v) is 7.83. The van der Waals surface area contributed by atoms with Crippen LogP contribution in [0.2, 0.25) is 0 Å². The lowest BCUT2D eigenvalue weighted by atomic mass is 9.97. The fraction of sp³-hybridized carbons (Fsp3) is 0.500. The van der Waals surface area contributed by atoms with Crippen molar-refractivity contribution < 1.29 is 4.79 Å². The molecule has 0 aromatic carbocycles. The second-order valence-electron chi connectivity index (χ2n) is 4.33. The van der Waals surface area contributed by atoms with E-state index in [2.05, 4.69) is 37.9 Å². The molecule has 1 aromatic rings. The highest BCUT2D eigenvalue weighted by Gasteiger charge is 2.35. The van der Waals surface area contributed by atoms with Gasteiger partial charge in [-0.05, 0) is 57.0 Å². The number of carbonyl (C=O) groups is 1. The van der Waals surface area contributed by atoms with Crippen LogP contribution >= 0.6 is 55.0 Å². The molecule has 0 aliphatic carbocycles. The lowest BCUT2D eigenvalue weighted by Crippen LogP contribution is -2.44. The van der Waals surface area contributed by atoms with E-state index < -0.39 is 0 Å². The topological polar surface area (TPSA) is 44.1 Å². The Morgan fingerprint density at radius 3 is 2.58 bits per heavy atom. The fourth-order valence-corrected chi connectivity index (χ4v) is 4.73. The monoisotopic (exact) mass is 422 g/mol. The molecule has 3 nitrogen and oxygen atoms in total. The molecule has 1 aliphatic heterocycles. The number of likely N-dealkylation sites (tertiary alicyclic amines) is 1. The maximum Gasteiger partial charge on any atom is 0.264 e. The van der Waals surface area contributed by atoms with Gasteiger partial charge < -0.3 is 4.90 Å². The van der Waals surface area contributed by atoms with Crippen molar-refractivity contribution in [3.8, 4) is 6.07 Å². The van der Waals surface area contributed by atoms with Crippen molar-refractivity contribution in [3.05, 3.63) is 19.2 Å².